The minimum absolute atomic E-state index is 0.0503. The van der Waals surface area contributed by atoms with Crippen LogP contribution < -0.4 is 5.32 Å². The summed E-state index contributed by atoms with van der Waals surface area (Å²) < 4.78 is 5.83. The lowest BCUT2D eigenvalue weighted by Gasteiger charge is -2.46. The van der Waals surface area contributed by atoms with Crippen molar-refractivity contribution >= 4 is 11.3 Å². The molecule has 0 radical (unpaired) electrons. The fourth-order valence-corrected chi connectivity index (χ4v) is 3.47. The lowest BCUT2D eigenvalue weighted by atomic mass is 9.73. The summed E-state index contributed by atoms with van der Waals surface area (Å²) in [6, 6.07) is 0.404. The Kier molecular flexibility index (Phi) is 4.76. The van der Waals surface area contributed by atoms with E-state index >= 15 is 0 Å². The summed E-state index contributed by atoms with van der Waals surface area (Å²) in [5.41, 5.74) is 1.18. The average molecular weight is 268 g/mol. The third-order valence-electron chi connectivity index (χ3n) is 3.93. The largest absolute Gasteiger partial charge is 0.377 e. The molecule has 18 heavy (non-hydrogen) atoms. The minimum Gasteiger partial charge on any atom is -0.377 e. The Morgan fingerprint density at radius 2 is 2.33 bits per heavy atom. The Bertz CT molecular complexity index is 368. The number of aromatic nitrogens is 1. The van der Waals surface area contributed by atoms with Crippen LogP contribution in [0.15, 0.2) is 5.38 Å². The Labute approximate surface area is 114 Å². The molecular formula is C14H24N2OS. The van der Waals surface area contributed by atoms with Gasteiger partial charge in [0.25, 0.3) is 0 Å². The summed E-state index contributed by atoms with van der Waals surface area (Å²) in [5, 5.41) is 7.02. The van der Waals surface area contributed by atoms with Crippen LogP contribution in [-0.2, 0) is 11.2 Å². The zero-order valence-electron chi connectivity index (χ0n) is 11.7. The summed E-state index contributed by atoms with van der Waals surface area (Å²) in [6.07, 6.45) is 5.79. The summed E-state index contributed by atoms with van der Waals surface area (Å²) in [5.74, 6) is 0. The highest BCUT2D eigenvalue weighted by atomic mass is 32.1. The average Bonchev–Trinajstić information content (AvgIpc) is 2.70. The second-order valence-electron chi connectivity index (χ2n) is 5.22. The molecule has 1 aliphatic rings. The number of rotatable bonds is 7. The number of methoxy groups -OCH3 is 1. The zero-order chi connectivity index (χ0) is 13.0. The Balaban J connectivity index is 2.04. The lowest BCUT2D eigenvalue weighted by molar-refractivity contribution is -0.0980. The van der Waals surface area contributed by atoms with Gasteiger partial charge in [0.15, 0.2) is 0 Å². The second-order valence-corrected chi connectivity index (χ2v) is 6.16. The first-order valence-corrected chi connectivity index (χ1v) is 7.77. The maximum absolute atomic E-state index is 5.83. The third-order valence-corrected chi connectivity index (χ3v) is 4.92. The maximum Gasteiger partial charge on any atom is 0.0944 e. The quantitative estimate of drug-likeness (QED) is 0.825. The summed E-state index contributed by atoms with van der Waals surface area (Å²) in [7, 11) is 1.85. The molecule has 4 heteroatoms. The summed E-state index contributed by atoms with van der Waals surface area (Å²) in [6.45, 7) is 5.32. The molecule has 1 aliphatic carbocycles. The van der Waals surface area contributed by atoms with Gasteiger partial charge in [0.1, 0.15) is 0 Å². The van der Waals surface area contributed by atoms with E-state index in [1.807, 2.05) is 7.11 Å². The molecular weight excluding hydrogens is 244 g/mol. The molecule has 0 spiro atoms. The summed E-state index contributed by atoms with van der Waals surface area (Å²) in [4.78, 5) is 4.59. The fourth-order valence-electron chi connectivity index (χ4n) is 2.65. The van der Waals surface area contributed by atoms with Crippen molar-refractivity contribution in [3.05, 3.63) is 16.1 Å². The van der Waals surface area contributed by atoms with Gasteiger partial charge < -0.3 is 10.1 Å². The van der Waals surface area contributed by atoms with E-state index < -0.39 is 0 Å². The van der Waals surface area contributed by atoms with E-state index in [1.54, 1.807) is 11.3 Å². The molecule has 2 rings (SSSR count). The SMILES string of the molecule is CCCNC(Cc1nc(C)cs1)C1(OC)CCC1. The van der Waals surface area contributed by atoms with E-state index in [0.717, 1.165) is 25.1 Å². The van der Waals surface area contributed by atoms with Crippen molar-refractivity contribution < 1.29 is 4.74 Å². The molecule has 0 aliphatic heterocycles. The van der Waals surface area contributed by atoms with Crippen molar-refractivity contribution in [2.75, 3.05) is 13.7 Å². The Morgan fingerprint density at radius 1 is 1.56 bits per heavy atom. The van der Waals surface area contributed by atoms with E-state index in [-0.39, 0.29) is 5.60 Å². The van der Waals surface area contributed by atoms with Crippen molar-refractivity contribution in [2.24, 2.45) is 0 Å². The van der Waals surface area contributed by atoms with Gasteiger partial charge in [0.2, 0.25) is 0 Å². The first-order chi connectivity index (χ1) is 8.70. The molecule has 1 N–H and O–H groups in total. The highest BCUT2D eigenvalue weighted by Crippen LogP contribution is 2.39. The molecule has 1 fully saturated rings. The van der Waals surface area contributed by atoms with Crippen molar-refractivity contribution in [2.45, 2.75) is 57.6 Å². The smallest absolute Gasteiger partial charge is 0.0944 e. The van der Waals surface area contributed by atoms with Gasteiger partial charge in [-0.1, -0.05) is 6.92 Å². The number of nitrogens with zero attached hydrogens (tertiary/aromatic N) is 1. The van der Waals surface area contributed by atoms with E-state index in [0.29, 0.717) is 6.04 Å². The van der Waals surface area contributed by atoms with Crippen LogP contribution in [0, 0.1) is 6.92 Å². The van der Waals surface area contributed by atoms with Gasteiger partial charge in [0.05, 0.1) is 10.6 Å². The summed E-state index contributed by atoms with van der Waals surface area (Å²) >= 11 is 1.77. The van der Waals surface area contributed by atoms with E-state index in [9.17, 15) is 0 Å². The second kappa shape index (κ2) is 6.13. The van der Waals surface area contributed by atoms with Crippen LogP contribution in [-0.4, -0.2) is 30.3 Å². The van der Waals surface area contributed by atoms with Crippen molar-refractivity contribution in [3.63, 3.8) is 0 Å². The first-order valence-electron chi connectivity index (χ1n) is 6.90. The van der Waals surface area contributed by atoms with Crippen molar-refractivity contribution in [3.8, 4) is 0 Å². The molecule has 1 aromatic heterocycles. The van der Waals surface area contributed by atoms with Gasteiger partial charge in [-0.15, -0.1) is 11.3 Å². The number of hydrogen-bond donors (Lipinski definition) is 1. The van der Waals surface area contributed by atoms with Crippen LogP contribution >= 0.6 is 11.3 Å². The van der Waals surface area contributed by atoms with Crippen LogP contribution in [0.1, 0.15) is 43.3 Å². The molecule has 102 valence electrons. The van der Waals surface area contributed by atoms with Gasteiger partial charge in [-0.25, -0.2) is 4.98 Å². The van der Waals surface area contributed by atoms with Gasteiger partial charge in [-0.05, 0) is 39.2 Å². The third kappa shape index (κ3) is 2.92. The predicted molar refractivity (Wildman–Crippen MR) is 76.2 cm³/mol. The van der Waals surface area contributed by atoms with Gasteiger partial charge in [0, 0.05) is 30.6 Å². The highest BCUT2D eigenvalue weighted by Gasteiger charge is 2.44. The Hall–Kier alpha value is -0.450. The topological polar surface area (TPSA) is 34.2 Å². The molecule has 1 atom stereocenters. The Morgan fingerprint density at radius 3 is 2.78 bits per heavy atom. The number of thiazole rings is 1. The number of nitrogens with one attached hydrogen (secondary N) is 1. The van der Waals surface area contributed by atoms with E-state index in [1.165, 1.54) is 24.3 Å². The van der Waals surface area contributed by atoms with Crippen LogP contribution in [0.5, 0.6) is 0 Å². The standard InChI is InChI=1S/C14H24N2OS/c1-4-8-15-12(14(17-3)6-5-7-14)9-13-16-11(2)10-18-13/h10,12,15H,4-9H2,1-3H3. The molecule has 0 aromatic carbocycles. The first kappa shape index (κ1) is 14.0. The van der Waals surface area contributed by atoms with Gasteiger partial charge >= 0.3 is 0 Å². The lowest BCUT2D eigenvalue weighted by Crippen LogP contribution is -2.57. The molecule has 3 nitrogen and oxygen atoms in total. The maximum atomic E-state index is 5.83. The fraction of sp³-hybridized carbons (Fsp3) is 0.786. The van der Waals surface area contributed by atoms with E-state index in [4.69, 9.17) is 4.74 Å². The molecule has 1 unspecified atom stereocenters. The molecule has 1 aromatic rings. The van der Waals surface area contributed by atoms with Crippen LogP contribution in [0.25, 0.3) is 0 Å². The molecule has 0 bridgehead atoms. The zero-order valence-corrected chi connectivity index (χ0v) is 12.5. The van der Waals surface area contributed by atoms with Crippen molar-refractivity contribution in [1.29, 1.82) is 0 Å². The normalized spacial score (nSPS) is 19.5. The number of aryl methyl sites for hydroxylation is 1. The molecule has 1 heterocycles. The number of ether oxygens (including phenoxy) is 1. The van der Waals surface area contributed by atoms with Crippen molar-refractivity contribution in [1.82, 2.24) is 10.3 Å². The molecule has 0 amide bonds. The predicted octanol–water partition coefficient (Wildman–Crippen LogP) is 2.93. The van der Waals surface area contributed by atoms with Crippen LogP contribution in [0.3, 0.4) is 0 Å². The van der Waals surface area contributed by atoms with Gasteiger partial charge in [-0.2, -0.15) is 0 Å². The number of hydrogen-bond acceptors (Lipinski definition) is 4. The van der Waals surface area contributed by atoms with Gasteiger partial charge in [-0.3, -0.25) is 0 Å². The minimum atomic E-state index is 0.0503. The van der Waals surface area contributed by atoms with E-state index in [2.05, 4.69) is 29.5 Å². The highest BCUT2D eigenvalue weighted by molar-refractivity contribution is 7.09. The molecule has 1 saturated carbocycles. The van der Waals surface area contributed by atoms with Crippen LogP contribution in [0.4, 0.5) is 0 Å². The monoisotopic (exact) mass is 268 g/mol. The van der Waals surface area contributed by atoms with Crippen LogP contribution in [0.2, 0.25) is 0 Å². The molecule has 0 saturated heterocycles.